The summed E-state index contributed by atoms with van der Waals surface area (Å²) in [5.74, 6) is -0.903. The number of ether oxygens (including phenoxy) is 3. The maximum atomic E-state index is 12.5. The molecule has 0 aliphatic heterocycles. The summed E-state index contributed by atoms with van der Waals surface area (Å²) in [6, 6.07) is 6.54. The molecule has 1 rings (SSSR count). The van der Waals surface area contributed by atoms with Crippen LogP contribution in [-0.4, -0.2) is 57.2 Å². The van der Waals surface area contributed by atoms with Gasteiger partial charge in [-0.05, 0) is 18.2 Å². The Bertz CT molecular complexity index is 543. The van der Waals surface area contributed by atoms with E-state index in [9.17, 15) is 14.4 Å². The average molecular weight is 309 g/mol. The van der Waals surface area contributed by atoms with Crippen LogP contribution in [0.25, 0.3) is 0 Å². The summed E-state index contributed by atoms with van der Waals surface area (Å²) in [5, 5.41) is 0. The van der Waals surface area contributed by atoms with E-state index in [0.29, 0.717) is 11.3 Å². The van der Waals surface area contributed by atoms with Crippen LogP contribution >= 0.6 is 0 Å². The van der Waals surface area contributed by atoms with Crippen molar-refractivity contribution in [2.24, 2.45) is 0 Å². The highest BCUT2D eigenvalue weighted by atomic mass is 16.5. The van der Waals surface area contributed by atoms with Gasteiger partial charge >= 0.3 is 11.9 Å². The standard InChI is InChI=1S/C15H19NO6/c1-20-12-6-4-5-11(9-12)15(19)16(10-14(18)22-3)8-7-13(17)21-2/h4-6,9H,7-8,10H2,1-3H3. The molecule has 0 heterocycles. The Labute approximate surface area is 128 Å². The Kier molecular flexibility index (Phi) is 6.88. The molecule has 7 heteroatoms. The predicted octanol–water partition coefficient (Wildman–Crippen LogP) is 0.873. The van der Waals surface area contributed by atoms with Crippen molar-refractivity contribution >= 4 is 17.8 Å². The molecule has 0 aliphatic carbocycles. The van der Waals surface area contributed by atoms with Crippen LogP contribution in [0.15, 0.2) is 24.3 Å². The molecule has 0 fully saturated rings. The van der Waals surface area contributed by atoms with Crippen molar-refractivity contribution in [2.45, 2.75) is 6.42 Å². The maximum Gasteiger partial charge on any atom is 0.325 e. The van der Waals surface area contributed by atoms with Crippen molar-refractivity contribution in [3.8, 4) is 5.75 Å². The summed E-state index contributed by atoms with van der Waals surface area (Å²) in [6.07, 6.45) is -0.0107. The van der Waals surface area contributed by atoms with Crippen molar-refractivity contribution in [3.63, 3.8) is 0 Å². The number of hydrogen-bond donors (Lipinski definition) is 0. The first-order chi connectivity index (χ1) is 10.5. The van der Waals surface area contributed by atoms with Gasteiger partial charge in [0.15, 0.2) is 0 Å². The third kappa shape index (κ3) is 5.08. The second kappa shape index (κ2) is 8.66. The number of carbonyl (C=O) groups excluding carboxylic acids is 3. The summed E-state index contributed by atoms with van der Waals surface area (Å²) in [5.41, 5.74) is 0.355. The topological polar surface area (TPSA) is 82.1 Å². The number of nitrogens with zero attached hydrogens (tertiary/aromatic N) is 1. The van der Waals surface area contributed by atoms with Gasteiger partial charge in [-0.2, -0.15) is 0 Å². The van der Waals surface area contributed by atoms with Gasteiger partial charge in [-0.25, -0.2) is 0 Å². The highest BCUT2D eigenvalue weighted by molar-refractivity contribution is 5.96. The number of hydrogen-bond acceptors (Lipinski definition) is 6. The van der Waals surface area contributed by atoms with E-state index in [1.165, 1.54) is 26.2 Å². The van der Waals surface area contributed by atoms with Crippen LogP contribution in [0.5, 0.6) is 5.75 Å². The van der Waals surface area contributed by atoms with E-state index in [1.807, 2.05) is 0 Å². The van der Waals surface area contributed by atoms with Crippen LogP contribution in [0.1, 0.15) is 16.8 Å². The zero-order chi connectivity index (χ0) is 16.5. The molecule has 0 saturated carbocycles. The zero-order valence-corrected chi connectivity index (χ0v) is 12.8. The van der Waals surface area contributed by atoms with Gasteiger partial charge in [-0.1, -0.05) is 6.07 Å². The molecule has 0 aromatic heterocycles. The summed E-state index contributed by atoms with van der Waals surface area (Å²) in [6.45, 7) is -0.193. The molecular weight excluding hydrogens is 290 g/mol. The largest absolute Gasteiger partial charge is 0.497 e. The first-order valence-corrected chi connectivity index (χ1v) is 6.58. The van der Waals surface area contributed by atoms with Crippen molar-refractivity contribution < 1.29 is 28.6 Å². The van der Waals surface area contributed by atoms with Crippen LogP contribution < -0.4 is 4.74 Å². The number of carbonyl (C=O) groups is 3. The van der Waals surface area contributed by atoms with Crippen LogP contribution in [-0.2, 0) is 19.1 Å². The fourth-order valence-electron chi connectivity index (χ4n) is 1.74. The minimum absolute atomic E-state index is 0.0107. The van der Waals surface area contributed by atoms with Gasteiger partial charge in [0, 0.05) is 12.1 Å². The third-order valence-corrected chi connectivity index (χ3v) is 2.97. The van der Waals surface area contributed by atoms with E-state index in [2.05, 4.69) is 9.47 Å². The van der Waals surface area contributed by atoms with Crippen molar-refractivity contribution in [1.82, 2.24) is 4.90 Å². The molecule has 7 nitrogen and oxygen atoms in total. The van der Waals surface area contributed by atoms with Gasteiger partial charge in [-0.3, -0.25) is 14.4 Å². The molecule has 1 aromatic rings. The Morgan fingerprint density at radius 2 is 1.73 bits per heavy atom. The Balaban J connectivity index is 2.89. The molecule has 0 saturated heterocycles. The van der Waals surface area contributed by atoms with Crippen LogP contribution in [0, 0.1) is 0 Å². The van der Waals surface area contributed by atoms with E-state index < -0.39 is 17.8 Å². The predicted molar refractivity (Wildman–Crippen MR) is 77.5 cm³/mol. The van der Waals surface area contributed by atoms with Gasteiger partial charge < -0.3 is 19.1 Å². The second-order valence-corrected chi connectivity index (χ2v) is 4.36. The van der Waals surface area contributed by atoms with Crippen LogP contribution in [0.4, 0.5) is 0 Å². The Hall–Kier alpha value is -2.57. The number of methoxy groups -OCH3 is 3. The molecule has 0 aliphatic rings. The zero-order valence-electron chi connectivity index (χ0n) is 12.8. The molecular formula is C15H19NO6. The molecule has 0 spiro atoms. The molecule has 22 heavy (non-hydrogen) atoms. The molecule has 1 amide bonds. The van der Waals surface area contributed by atoms with Crippen LogP contribution in [0.3, 0.4) is 0 Å². The van der Waals surface area contributed by atoms with E-state index in [1.54, 1.807) is 24.3 Å². The number of rotatable bonds is 7. The van der Waals surface area contributed by atoms with Crippen molar-refractivity contribution in [2.75, 3.05) is 34.4 Å². The summed E-state index contributed by atoms with van der Waals surface area (Å²) in [7, 11) is 3.99. The maximum absolute atomic E-state index is 12.5. The fraction of sp³-hybridized carbons (Fsp3) is 0.400. The highest BCUT2D eigenvalue weighted by Gasteiger charge is 2.20. The lowest BCUT2D eigenvalue weighted by Gasteiger charge is -2.21. The second-order valence-electron chi connectivity index (χ2n) is 4.36. The number of amides is 1. The van der Waals surface area contributed by atoms with Crippen molar-refractivity contribution in [1.29, 1.82) is 0 Å². The van der Waals surface area contributed by atoms with E-state index >= 15 is 0 Å². The summed E-state index contributed by atoms with van der Waals surface area (Å²) >= 11 is 0. The van der Waals surface area contributed by atoms with Crippen molar-refractivity contribution in [3.05, 3.63) is 29.8 Å². The minimum atomic E-state index is -0.568. The molecule has 1 aromatic carbocycles. The van der Waals surface area contributed by atoms with E-state index in [4.69, 9.17) is 4.74 Å². The highest BCUT2D eigenvalue weighted by Crippen LogP contribution is 2.14. The molecule has 0 atom stereocenters. The average Bonchev–Trinajstić information content (AvgIpc) is 2.57. The van der Waals surface area contributed by atoms with Crippen LogP contribution in [0.2, 0.25) is 0 Å². The van der Waals surface area contributed by atoms with Gasteiger partial charge in [0.05, 0.1) is 27.8 Å². The normalized spacial score (nSPS) is 9.77. The molecule has 120 valence electrons. The minimum Gasteiger partial charge on any atom is -0.497 e. The third-order valence-electron chi connectivity index (χ3n) is 2.97. The lowest BCUT2D eigenvalue weighted by molar-refractivity contribution is -0.143. The number of esters is 2. The molecule has 0 bridgehead atoms. The van der Waals surface area contributed by atoms with E-state index in [0.717, 1.165) is 0 Å². The Morgan fingerprint density at radius 3 is 2.32 bits per heavy atom. The quantitative estimate of drug-likeness (QED) is 0.695. The number of benzene rings is 1. The summed E-state index contributed by atoms with van der Waals surface area (Å²) < 4.78 is 14.2. The monoisotopic (exact) mass is 309 g/mol. The lowest BCUT2D eigenvalue weighted by atomic mass is 10.2. The molecule has 0 N–H and O–H groups in total. The van der Waals surface area contributed by atoms with Gasteiger partial charge in [0.25, 0.3) is 5.91 Å². The smallest absolute Gasteiger partial charge is 0.325 e. The Morgan fingerprint density at radius 1 is 1.05 bits per heavy atom. The summed E-state index contributed by atoms with van der Waals surface area (Å²) in [4.78, 5) is 36.4. The molecule has 0 radical (unpaired) electrons. The van der Waals surface area contributed by atoms with Gasteiger partial charge in [0.2, 0.25) is 0 Å². The van der Waals surface area contributed by atoms with E-state index in [-0.39, 0.29) is 19.5 Å². The SMILES string of the molecule is COC(=O)CCN(CC(=O)OC)C(=O)c1cccc(OC)c1. The lowest BCUT2D eigenvalue weighted by Crippen LogP contribution is -2.37. The first-order valence-electron chi connectivity index (χ1n) is 6.58. The first kappa shape index (κ1) is 17.5. The fourth-order valence-corrected chi connectivity index (χ4v) is 1.74. The van der Waals surface area contributed by atoms with Gasteiger partial charge in [-0.15, -0.1) is 0 Å². The molecule has 0 unspecified atom stereocenters. The van der Waals surface area contributed by atoms with Gasteiger partial charge in [0.1, 0.15) is 12.3 Å².